The van der Waals surface area contributed by atoms with Crippen molar-refractivity contribution in [3.05, 3.63) is 98.5 Å². The molecule has 5 rings (SSSR count). The summed E-state index contributed by atoms with van der Waals surface area (Å²) in [6, 6.07) is 20.6. The van der Waals surface area contributed by atoms with E-state index in [1.807, 2.05) is 67.6 Å². The maximum absolute atomic E-state index is 13.4. The molecule has 1 aliphatic heterocycles. The first-order chi connectivity index (χ1) is 14.9. The van der Waals surface area contributed by atoms with Gasteiger partial charge in [-0.25, -0.2) is 4.98 Å². The number of amides is 1. The van der Waals surface area contributed by atoms with Gasteiger partial charge in [0.25, 0.3) is 11.5 Å². The van der Waals surface area contributed by atoms with E-state index in [4.69, 9.17) is 4.98 Å². The number of aryl methyl sites for hydroxylation is 1. The van der Waals surface area contributed by atoms with Crippen LogP contribution in [-0.2, 0) is 4.79 Å². The molecule has 0 spiro atoms. The Bertz CT molecular complexity index is 1450. The van der Waals surface area contributed by atoms with Gasteiger partial charge in [-0.1, -0.05) is 39.7 Å². The molecule has 0 saturated carbocycles. The molecule has 0 atom stereocenters. The number of likely N-dealkylation sites (N-methyl/N-ethyl adjacent to an activating group) is 1. The molecular formula is C25H18BrN3O2. The summed E-state index contributed by atoms with van der Waals surface area (Å²) in [5.41, 5.74) is 4.37. The molecule has 2 heterocycles. The second-order valence-corrected chi connectivity index (χ2v) is 8.46. The predicted octanol–water partition coefficient (Wildman–Crippen LogP) is 4.97. The fourth-order valence-electron chi connectivity index (χ4n) is 3.92. The zero-order valence-corrected chi connectivity index (χ0v) is 18.6. The lowest BCUT2D eigenvalue weighted by Gasteiger charge is -2.12. The number of carbonyl (C=O) groups is 1. The van der Waals surface area contributed by atoms with Gasteiger partial charge < -0.3 is 4.90 Å². The molecule has 4 aromatic rings. The van der Waals surface area contributed by atoms with Gasteiger partial charge in [0.1, 0.15) is 5.82 Å². The van der Waals surface area contributed by atoms with Crippen molar-refractivity contribution in [2.75, 3.05) is 11.9 Å². The quantitative estimate of drug-likeness (QED) is 0.387. The lowest BCUT2D eigenvalue weighted by Crippen LogP contribution is -2.23. The minimum absolute atomic E-state index is 0.120. The van der Waals surface area contributed by atoms with Crippen LogP contribution in [-0.4, -0.2) is 22.5 Å². The highest BCUT2D eigenvalue weighted by Crippen LogP contribution is 2.37. The molecule has 1 aliphatic rings. The average Bonchev–Trinajstić information content (AvgIpc) is 2.99. The third-order valence-electron chi connectivity index (χ3n) is 5.50. The monoisotopic (exact) mass is 471 g/mol. The largest absolute Gasteiger partial charge is 0.311 e. The van der Waals surface area contributed by atoms with Gasteiger partial charge in [0.2, 0.25) is 0 Å². The summed E-state index contributed by atoms with van der Waals surface area (Å²) in [4.78, 5) is 32.9. The molecule has 0 bridgehead atoms. The molecule has 31 heavy (non-hydrogen) atoms. The number of fused-ring (bicyclic) bond motifs is 2. The molecule has 3 aromatic carbocycles. The second kappa shape index (κ2) is 7.32. The van der Waals surface area contributed by atoms with E-state index in [9.17, 15) is 9.59 Å². The van der Waals surface area contributed by atoms with Gasteiger partial charge in [-0.05, 0) is 61.5 Å². The Kier molecular flexibility index (Phi) is 4.59. The van der Waals surface area contributed by atoms with E-state index < -0.39 is 0 Å². The Morgan fingerprint density at radius 3 is 2.48 bits per heavy atom. The van der Waals surface area contributed by atoms with Crippen molar-refractivity contribution in [1.29, 1.82) is 0 Å². The number of hydrogen-bond donors (Lipinski definition) is 0. The Morgan fingerprint density at radius 2 is 1.71 bits per heavy atom. The minimum Gasteiger partial charge on any atom is -0.311 e. The number of benzene rings is 3. The number of aromatic nitrogens is 2. The van der Waals surface area contributed by atoms with Gasteiger partial charge in [-0.2, -0.15) is 0 Å². The van der Waals surface area contributed by atoms with Crippen molar-refractivity contribution in [3.63, 3.8) is 0 Å². The first-order valence-corrected chi connectivity index (χ1v) is 10.6. The van der Waals surface area contributed by atoms with Gasteiger partial charge in [-0.15, -0.1) is 0 Å². The molecule has 1 aromatic heterocycles. The number of halogens is 1. The van der Waals surface area contributed by atoms with E-state index in [2.05, 4.69) is 15.9 Å². The van der Waals surface area contributed by atoms with Gasteiger partial charge in [0.05, 0.1) is 27.9 Å². The standard InChI is InChI=1S/C25H18BrN3O2/c1-15-7-12-22-19(13-15)20(24(30)28(22)2)14-23-27-21-6-4-3-5-18(21)25(31)29(23)17-10-8-16(26)9-11-17/h3-14H,1-2H3. The number of rotatable bonds is 2. The highest BCUT2D eigenvalue weighted by Gasteiger charge is 2.30. The Morgan fingerprint density at radius 1 is 0.968 bits per heavy atom. The Labute approximate surface area is 187 Å². The molecule has 6 heteroatoms. The van der Waals surface area contributed by atoms with Crippen LogP contribution in [0.1, 0.15) is 17.0 Å². The molecule has 0 saturated heterocycles. The molecule has 152 valence electrons. The predicted molar refractivity (Wildman–Crippen MR) is 128 cm³/mol. The summed E-state index contributed by atoms with van der Waals surface area (Å²) >= 11 is 3.44. The number of anilines is 1. The van der Waals surface area contributed by atoms with E-state index in [0.717, 1.165) is 21.3 Å². The van der Waals surface area contributed by atoms with Crippen LogP contribution >= 0.6 is 15.9 Å². The van der Waals surface area contributed by atoms with Crippen molar-refractivity contribution in [3.8, 4) is 5.69 Å². The van der Waals surface area contributed by atoms with Crippen LogP contribution in [0.4, 0.5) is 5.69 Å². The van der Waals surface area contributed by atoms with Crippen LogP contribution in [0, 0.1) is 6.92 Å². The van der Waals surface area contributed by atoms with Crippen LogP contribution in [0.15, 0.2) is 76.0 Å². The fourth-order valence-corrected chi connectivity index (χ4v) is 4.18. The van der Waals surface area contributed by atoms with Crippen molar-refractivity contribution in [2.24, 2.45) is 0 Å². The van der Waals surface area contributed by atoms with Crippen LogP contribution in [0.3, 0.4) is 0 Å². The van der Waals surface area contributed by atoms with E-state index in [1.165, 1.54) is 0 Å². The molecule has 1 amide bonds. The topological polar surface area (TPSA) is 55.2 Å². The van der Waals surface area contributed by atoms with Gasteiger partial charge >= 0.3 is 0 Å². The van der Waals surface area contributed by atoms with E-state index >= 15 is 0 Å². The smallest absolute Gasteiger partial charge is 0.266 e. The highest BCUT2D eigenvalue weighted by molar-refractivity contribution is 9.10. The first kappa shape index (κ1) is 19.5. The first-order valence-electron chi connectivity index (χ1n) is 9.82. The molecule has 0 radical (unpaired) electrons. The molecule has 0 unspecified atom stereocenters. The summed E-state index contributed by atoms with van der Waals surface area (Å²) < 4.78 is 2.47. The summed E-state index contributed by atoms with van der Waals surface area (Å²) in [5, 5.41) is 0.527. The molecule has 0 N–H and O–H groups in total. The zero-order chi connectivity index (χ0) is 21.7. The van der Waals surface area contributed by atoms with Gasteiger partial charge in [-0.3, -0.25) is 14.2 Å². The van der Waals surface area contributed by atoms with E-state index in [-0.39, 0.29) is 11.5 Å². The van der Waals surface area contributed by atoms with Crippen LogP contribution in [0.5, 0.6) is 0 Å². The highest BCUT2D eigenvalue weighted by atomic mass is 79.9. The number of nitrogens with zero attached hydrogens (tertiary/aromatic N) is 3. The van der Waals surface area contributed by atoms with Crippen LogP contribution < -0.4 is 10.5 Å². The molecule has 0 aliphatic carbocycles. The van der Waals surface area contributed by atoms with Gasteiger partial charge in [0, 0.05) is 17.1 Å². The van der Waals surface area contributed by atoms with Crippen molar-refractivity contribution in [1.82, 2.24) is 9.55 Å². The Hall–Kier alpha value is -3.51. The Balaban J connectivity index is 1.82. The number of carbonyl (C=O) groups excluding carboxylic acids is 1. The minimum atomic E-state index is -0.178. The average molecular weight is 472 g/mol. The summed E-state index contributed by atoms with van der Waals surface area (Å²) in [7, 11) is 1.76. The maximum Gasteiger partial charge on any atom is 0.266 e. The zero-order valence-electron chi connectivity index (χ0n) is 17.0. The molecular weight excluding hydrogens is 454 g/mol. The second-order valence-electron chi connectivity index (χ2n) is 7.55. The van der Waals surface area contributed by atoms with Crippen LogP contribution in [0.2, 0.25) is 0 Å². The molecule has 0 fully saturated rings. The number of para-hydroxylation sites is 1. The SMILES string of the molecule is Cc1ccc2c(c1)C(=Cc1nc3ccccc3c(=O)n1-c1ccc(Br)cc1)C(=O)N2C. The lowest BCUT2D eigenvalue weighted by molar-refractivity contribution is -0.112. The van der Waals surface area contributed by atoms with Crippen LogP contribution in [0.25, 0.3) is 28.2 Å². The van der Waals surface area contributed by atoms with Crippen molar-refractivity contribution >= 4 is 50.1 Å². The third-order valence-corrected chi connectivity index (χ3v) is 6.03. The summed E-state index contributed by atoms with van der Waals surface area (Å²) in [5.74, 6) is 0.294. The number of hydrogen-bond acceptors (Lipinski definition) is 3. The van der Waals surface area contributed by atoms with E-state index in [0.29, 0.717) is 28.0 Å². The molecule has 5 nitrogen and oxygen atoms in total. The lowest BCUT2D eigenvalue weighted by atomic mass is 10.0. The third kappa shape index (κ3) is 3.20. The summed E-state index contributed by atoms with van der Waals surface area (Å²) in [6.07, 6.45) is 1.72. The van der Waals surface area contributed by atoms with E-state index in [1.54, 1.807) is 28.7 Å². The van der Waals surface area contributed by atoms with Crippen molar-refractivity contribution in [2.45, 2.75) is 6.92 Å². The fraction of sp³-hybridized carbons (Fsp3) is 0.0800. The van der Waals surface area contributed by atoms with Gasteiger partial charge in [0.15, 0.2) is 0 Å². The normalized spacial score (nSPS) is 14.5. The summed E-state index contributed by atoms with van der Waals surface area (Å²) in [6.45, 7) is 1.99. The maximum atomic E-state index is 13.4. The van der Waals surface area contributed by atoms with Crippen molar-refractivity contribution < 1.29 is 4.79 Å².